The van der Waals surface area contributed by atoms with Crippen LogP contribution in [0.15, 0.2) is 30.9 Å². The number of methoxy groups -OCH3 is 1. The molecule has 3 N–H and O–H groups in total. The fourth-order valence-electron chi connectivity index (χ4n) is 9.71. The second kappa shape index (κ2) is 16.2. The number of aromatic nitrogens is 1. The number of nitrogens with zero attached hydrogens (tertiary/aromatic N) is 2. The molecule has 2 aliphatic heterocycles. The molecule has 4 amide bonds. The average molecular weight is 822 g/mol. The van der Waals surface area contributed by atoms with Gasteiger partial charge in [-0.05, 0) is 101 Å². The molecule has 1 saturated heterocycles. The van der Waals surface area contributed by atoms with Gasteiger partial charge >= 0.3 is 6.09 Å². The molecule has 0 radical (unpaired) electrons. The molecule has 8 rings (SSSR count). The fraction of sp³-hybridized carbons (Fsp3) is 0.643. The Kier molecular flexibility index (Phi) is 11.2. The predicted molar refractivity (Wildman–Crippen MR) is 213 cm³/mol. The molecule has 3 heterocycles. The maximum Gasteiger partial charge on any atom is 0.408 e. The molecular formula is C42H55N5O10S. The Bertz CT molecular complexity index is 2070. The topological polar surface area (TPSA) is 192 Å². The Labute approximate surface area is 339 Å². The zero-order valence-electron chi connectivity index (χ0n) is 33.3. The van der Waals surface area contributed by atoms with Crippen LogP contribution in [0.2, 0.25) is 0 Å². The minimum Gasteiger partial charge on any atom is -0.496 e. The number of benzene rings is 1. The number of hydrogen-bond acceptors (Lipinski definition) is 11. The van der Waals surface area contributed by atoms with Gasteiger partial charge < -0.3 is 34.5 Å². The Hall–Kier alpha value is -4.60. The molecule has 16 heteroatoms. The van der Waals surface area contributed by atoms with E-state index in [2.05, 4.69) is 21.9 Å². The number of sulfonamides is 1. The van der Waals surface area contributed by atoms with Crippen molar-refractivity contribution in [1.82, 2.24) is 25.2 Å². The van der Waals surface area contributed by atoms with E-state index in [1.165, 1.54) is 11.0 Å². The van der Waals surface area contributed by atoms with Crippen LogP contribution in [0, 0.1) is 17.8 Å². The second-order valence-electron chi connectivity index (χ2n) is 16.9. The number of rotatable bonds is 10. The molecule has 2 aromatic rings. The van der Waals surface area contributed by atoms with Gasteiger partial charge in [-0.2, -0.15) is 0 Å². The summed E-state index contributed by atoms with van der Waals surface area (Å²) >= 11 is 0. The summed E-state index contributed by atoms with van der Waals surface area (Å²) < 4.78 is 52.4. The summed E-state index contributed by atoms with van der Waals surface area (Å²) in [5, 5.41) is 5.90. The van der Waals surface area contributed by atoms with Crippen molar-refractivity contribution in [2.24, 2.45) is 17.8 Å². The third kappa shape index (κ3) is 8.04. The Balaban J connectivity index is 1.16. The van der Waals surface area contributed by atoms with Gasteiger partial charge in [0.05, 0.1) is 31.0 Å². The van der Waals surface area contributed by atoms with Crippen LogP contribution >= 0.6 is 0 Å². The first kappa shape index (κ1) is 40.2. The molecular weight excluding hydrogens is 767 g/mol. The fourth-order valence-corrected chi connectivity index (χ4v) is 11.1. The smallest absolute Gasteiger partial charge is 0.408 e. The van der Waals surface area contributed by atoms with E-state index >= 15 is 0 Å². The Morgan fingerprint density at radius 1 is 1.03 bits per heavy atom. The van der Waals surface area contributed by atoms with Gasteiger partial charge in [0.2, 0.25) is 27.7 Å². The minimum absolute atomic E-state index is 0.00148. The molecule has 1 aromatic heterocycles. The summed E-state index contributed by atoms with van der Waals surface area (Å²) in [6, 6.07) is 3.54. The van der Waals surface area contributed by atoms with Crippen molar-refractivity contribution in [3.05, 3.63) is 36.4 Å². The highest BCUT2D eigenvalue weighted by atomic mass is 32.2. The Morgan fingerprint density at radius 3 is 2.50 bits per heavy atom. The molecule has 5 fully saturated rings. The number of nitrogens with one attached hydrogen (secondary N) is 3. The van der Waals surface area contributed by atoms with Gasteiger partial charge in [-0.1, -0.05) is 18.9 Å². The molecule has 7 atom stereocenters. The first-order chi connectivity index (χ1) is 27.9. The van der Waals surface area contributed by atoms with Gasteiger partial charge in [0, 0.05) is 29.9 Å². The quantitative estimate of drug-likeness (QED) is 0.287. The standard InChI is InChI=1S/C42H55N5O10S/c1-4-27-22-42(27,40(50)46-58(52,53)29-16-17-29)45-38(48)32-19-28-23-47(32)39(49)37(25-10-6-7-11-25)44-41(51)57-33-15-9-13-24(33)12-8-14-26-18-30-31(20-34(26)54-3)43-36(55-5-2)21-35(30)56-28/h4,18,20-21,24-25,27-29,32-33,37H,1,5-17,19,22-23H2,2-3H3,(H,44,51)(H,45,48)(H,46,50)/t24-,27+,28-,32+,33+,37+,42+/m1/s1. The molecule has 15 nitrogen and oxygen atoms in total. The monoisotopic (exact) mass is 821 g/mol. The lowest BCUT2D eigenvalue weighted by Gasteiger charge is -2.32. The van der Waals surface area contributed by atoms with E-state index in [0.29, 0.717) is 48.8 Å². The number of carbonyl (C=O) groups is 4. The normalized spacial score (nSPS) is 30.3. The van der Waals surface area contributed by atoms with E-state index in [-0.39, 0.29) is 37.3 Å². The molecule has 4 aliphatic carbocycles. The largest absolute Gasteiger partial charge is 0.496 e. The summed E-state index contributed by atoms with van der Waals surface area (Å²) in [5.74, 6) is -0.908. The van der Waals surface area contributed by atoms with Gasteiger partial charge in [-0.3, -0.25) is 19.1 Å². The lowest BCUT2D eigenvalue weighted by molar-refractivity contribution is -0.142. The predicted octanol–water partition coefficient (Wildman–Crippen LogP) is 4.45. The van der Waals surface area contributed by atoms with Gasteiger partial charge in [-0.15, -0.1) is 6.58 Å². The van der Waals surface area contributed by atoms with Crippen molar-refractivity contribution >= 4 is 44.7 Å². The SMILES string of the molecule is C=C[C@H]1C[C@@]1(NC(=O)[C@@H]1C[C@@H]2CN1C(=O)[C@H](C1CCCC1)NC(=O)O[C@H]1CCC[C@H]1CCCc1cc3c(cc(OCC)nc3cc1OC)O2)C(=O)NS(=O)(=O)C1CC1. The van der Waals surface area contributed by atoms with Crippen molar-refractivity contribution in [2.75, 3.05) is 20.3 Å². The lowest BCUT2D eigenvalue weighted by atomic mass is 9.95. The van der Waals surface area contributed by atoms with Crippen LogP contribution in [0.4, 0.5) is 4.79 Å². The zero-order valence-corrected chi connectivity index (χ0v) is 34.2. The van der Waals surface area contributed by atoms with Crippen molar-refractivity contribution in [3.63, 3.8) is 0 Å². The maximum absolute atomic E-state index is 14.9. The van der Waals surface area contributed by atoms with Crippen molar-refractivity contribution in [3.8, 4) is 17.4 Å². The minimum atomic E-state index is -3.90. The van der Waals surface area contributed by atoms with E-state index in [1.807, 2.05) is 19.1 Å². The zero-order chi connectivity index (χ0) is 40.8. The van der Waals surface area contributed by atoms with E-state index < -0.39 is 68.7 Å². The number of pyridine rings is 1. The lowest BCUT2D eigenvalue weighted by Crippen LogP contribution is -2.59. The molecule has 314 valence electrons. The van der Waals surface area contributed by atoms with Crippen LogP contribution < -0.4 is 29.6 Å². The Morgan fingerprint density at radius 2 is 1.79 bits per heavy atom. The molecule has 58 heavy (non-hydrogen) atoms. The maximum atomic E-state index is 14.9. The van der Waals surface area contributed by atoms with E-state index in [9.17, 15) is 27.6 Å². The molecule has 0 spiro atoms. The first-order valence-electron chi connectivity index (χ1n) is 21.0. The molecule has 0 unspecified atom stereocenters. The van der Waals surface area contributed by atoms with E-state index in [1.54, 1.807) is 13.2 Å². The van der Waals surface area contributed by atoms with Crippen LogP contribution in [0.5, 0.6) is 17.4 Å². The average Bonchev–Trinajstić information content (AvgIpc) is 3.99. The summed E-state index contributed by atoms with van der Waals surface area (Å²) in [5.41, 5.74) is 0.0190. The van der Waals surface area contributed by atoms with Gasteiger partial charge in [-0.25, -0.2) is 18.2 Å². The van der Waals surface area contributed by atoms with Crippen LogP contribution in [0.25, 0.3) is 10.9 Å². The van der Waals surface area contributed by atoms with Gasteiger partial charge in [0.1, 0.15) is 41.3 Å². The highest BCUT2D eigenvalue weighted by Gasteiger charge is 2.62. The third-order valence-electron chi connectivity index (χ3n) is 13.1. The number of carbonyl (C=O) groups excluding carboxylic acids is 4. The van der Waals surface area contributed by atoms with Crippen LogP contribution in [-0.2, 0) is 35.6 Å². The summed E-state index contributed by atoms with van der Waals surface area (Å²) in [6.07, 6.45) is 9.30. The summed E-state index contributed by atoms with van der Waals surface area (Å²) in [4.78, 5) is 63.0. The number of amides is 4. The first-order valence-corrected chi connectivity index (χ1v) is 22.6. The molecule has 6 aliphatic rings. The van der Waals surface area contributed by atoms with E-state index in [4.69, 9.17) is 23.9 Å². The summed E-state index contributed by atoms with van der Waals surface area (Å²) in [6.45, 7) is 6.04. The number of aryl methyl sites for hydroxylation is 1. The molecule has 4 bridgehead atoms. The van der Waals surface area contributed by atoms with Crippen LogP contribution in [-0.4, -0.2) is 97.5 Å². The number of ether oxygens (including phenoxy) is 4. The van der Waals surface area contributed by atoms with Gasteiger partial charge in [0.25, 0.3) is 5.91 Å². The highest BCUT2D eigenvalue weighted by molar-refractivity contribution is 7.91. The molecule has 1 aromatic carbocycles. The van der Waals surface area contributed by atoms with Crippen molar-refractivity contribution in [2.45, 2.75) is 132 Å². The van der Waals surface area contributed by atoms with Gasteiger partial charge in [0.15, 0.2) is 0 Å². The van der Waals surface area contributed by atoms with Crippen molar-refractivity contribution in [1.29, 1.82) is 0 Å². The third-order valence-corrected chi connectivity index (χ3v) is 14.9. The molecule has 4 saturated carbocycles. The number of alkyl carbamates (subject to hydrolysis) is 1. The van der Waals surface area contributed by atoms with Crippen LogP contribution in [0.1, 0.15) is 96.0 Å². The van der Waals surface area contributed by atoms with Crippen LogP contribution in [0.3, 0.4) is 0 Å². The number of fused-ring (bicyclic) bond motifs is 4. The second-order valence-corrected chi connectivity index (χ2v) is 18.9. The summed E-state index contributed by atoms with van der Waals surface area (Å²) in [7, 11) is -2.28. The van der Waals surface area contributed by atoms with Crippen molar-refractivity contribution < 1.29 is 46.5 Å². The van der Waals surface area contributed by atoms with E-state index in [0.717, 1.165) is 68.7 Å². The number of hydrogen-bond donors (Lipinski definition) is 3. The highest BCUT2D eigenvalue weighted by Crippen LogP contribution is 2.46.